The lowest BCUT2D eigenvalue weighted by Crippen LogP contribution is -2.41. The van der Waals surface area contributed by atoms with E-state index in [4.69, 9.17) is 10.5 Å². The first-order chi connectivity index (χ1) is 16.0. The van der Waals surface area contributed by atoms with Gasteiger partial charge in [0.25, 0.3) is 0 Å². The maximum atomic E-state index is 13.5. The van der Waals surface area contributed by atoms with Crippen molar-refractivity contribution in [3.05, 3.63) is 29.7 Å². The molecule has 34 heavy (non-hydrogen) atoms. The van der Waals surface area contributed by atoms with E-state index in [1.165, 1.54) is 7.11 Å². The van der Waals surface area contributed by atoms with Crippen molar-refractivity contribution in [2.24, 2.45) is 17.6 Å². The van der Waals surface area contributed by atoms with E-state index in [-0.39, 0.29) is 49.8 Å². The van der Waals surface area contributed by atoms with Crippen LogP contribution in [0, 0.1) is 11.8 Å². The number of imidazole rings is 1. The monoisotopic (exact) mass is 485 g/mol. The van der Waals surface area contributed by atoms with Gasteiger partial charge in [-0.1, -0.05) is 0 Å². The lowest BCUT2D eigenvalue weighted by Gasteiger charge is -2.35. The van der Waals surface area contributed by atoms with Crippen molar-refractivity contribution in [3.8, 4) is 0 Å². The Hall–Kier alpha value is -2.27. The maximum absolute atomic E-state index is 13.5. The predicted molar refractivity (Wildman–Crippen MR) is 116 cm³/mol. The molecule has 4 rings (SSSR count). The fourth-order valence-electron chi connectivity index (χ4n) is 4.94. The number of alkyl halides is 4. The normalized spacial score (nSPS) is 23.3. The summed E-state index contributed by atoms with van der Waals surface area (Å²) in [4.78, 5) is 17.1. The van der Waals surface area contributed by atoms with E-state index in [1.54, 1.807) is 29.9 Å². The minimum Gasteiger partial charge on any atom is -0.379 e. The van der Waals surface area contributed by atoms with Gasteiger partial charge in [0.1, 0.15) is 0 Å². The molecule has 0 unspecified atom stereocenters. The summed E-state index contributed by atoms with van der Waals surface area (Å²) in [6.45, 7) is 1.79. The molecule has 2 heterocycles. The van der Waals surface area contributed by atoms with Gasteiger partial charge in [-0.15, -0.1) is 0 Å². The van der Waals surface area contributed by atoms with Crippen LogP contribution in [0.4, 0.5) is 17.6 Å². The summed E-state index contributed by atoms with van der Waals surface area (Å²) < 4.78 is 60.2. The first-order valence-electron chi connectivity index (χ1n) is 11.6. The van der Waals surface area contributed by atoms with E-state index in [2.05, 4.69) is 15.4 Å². The average molecular weight is 486 g/mol. The largest absolute Gasteiger partial charge is 0.379 e. The first kappa shape index (κ1) is 24.8. The smallest absolute Gasteiger partial charge is 0.248 e. The summed E-state index contributed by atoms with van der Waals surface area (Å²) in [7, 11) is 1.52. The average Bonchev–Trinajstić information content (AvgIpc) is 3.18. The van der Waals surface area contributed by atoms with E-state index in [1.807, 2.05) is 0 Å². The number of carbonyl (C=O) groups is 1. The molecule has 7 nitrogen and oxygen atoms in total. The zero-order valence-electron chi connectivity index (χ0n) is 19.3. The van der Waals surface area contributed by atoms with Crippen LogP contribution in [0.25, 0.3) is 5.65 Å². The number of ether oxygens (including phenoxy) is 1. The molecule has 0 aliphatic heterocycles. The van der Waals surface area contributed by atoms with Gasteiger partial charge in [0, 0.05) is 44.8 Å². The molecule has 2 aliphatic carbocycles. The molecule has 3 N–H and O–H groups in total. The highest BCUT2D eigenvalue weighted by atomic mass is 19.3. The van der Waals surface area contributed by atoms with Gasteiger partial charge in [-0.2, -0.15) is 5.10 Å². The number of halogens is 4. The number of carbonyl (C=O) groups excluding carboxylic acids is 1. The second-order valence-electron chi connectivity index (χ2n) is 9.80. The number of nitrogens with zero attached hydrogens (tertiary/aromatic N) is 3. The topological polar surface area (TPSA) is 94.5 Å². The molecule has 0 radical (unpaired) electrons. The van der Waals surface area contributed by atoms with Crippen molar-refractivity contribution in [1.82, 2.24) is 19.9 Å². The standard InChI is InChI=1S/C23H31F4N5O2/c1-13(34-2)21(31-19(33)7-14-9-23(26,27)10-14)16-8-18-30-17(12-32(18)29-11-16)20(28)15-3-5-22(24,25)6-4-15/h8,11-15,20-21H,3-7,9-10,28H2,1-2H3,(H,31,33)/t13-,20-,21+/m0/s1. The van der Waals surface area contributed by atoms with Crippen molar-refractivity contribution < 1.29 is 27.1 Å². The zero-order chi connectivity index (χ0) is 24.7. The van der Waals surface area contributed by atoms with Crippen molar-refractivity contribution in [2.75, 3.05) is 7.11 Å². The number of amides is 1. The summed E-state index contributed by atoms with van der Waals surface area (Å²) in [6.07, 6.45) is 2.70. The summed E-state index contributed by atoms with van der Waals surface area (Å²) in [6, 6.07) is 0.733. The predicted octanol–water partition coefficient (Wildman–Crippen LogP) is 4.18. The molecule has 3 atom stereocenters. The number of hydrogen-bond donors (Lipinski definition) is 2. The minimum absolute atomic E-state index is 0.0288. The number of fused-ring (bicyclic) bond motifs is 1. The van der Waals surface area contributed by atoms with Gasteiger partial charge in [-0.05, 0) is 37.7 Å². The Kier molecular flexibility index (Phi) is 6.87. The maximum Gasteiger partial charge on any atom is 0.248 e. The SMILES string of the molecule is CO[C@@H](C)[C@@H](NC(=O)CC1CC(F)(F)C1)c1cnn2cc([C@@H](N)C3CCC(F)(F)CC3)nc2c1. The van der Waals surface area contributed by atoms with E-state index >= 15 is 0 Å². The van der Waals surface area contributed by atoms with Crippen molar-refractivity contribution in [2.45, 2.75) is 81.9 Å². The second kappa shape index (κ2) is 9.41. The number of aromatic nitrogens is 3. The van der Waals surface area contributed by atoms with E-state index < -0.39 is 30.0 Å². The Balaban J connectivity index is 1.47. The third-order valence-electron chi connectivity index (χ3n) is 7.14. The number of rotatable bonds is 8. The van der Waals surface area contributed by atoms with Crippen molar-refractivity contribution in [3.63, 3.8) is 0 Å². The Morgan fingerprint density at radius 1 is 1.26 bits per heavy atom. The molecule has 2 aromatic heterocycles. The summed E-state index contributed by atoms with van der Waals surface area (Å²) in [5.41, 5.74) is 8.09. The van der Waals surface area contributed by atoms with E-state index in [0.717, 1.165) is 0 Å². The minimum atomic E-state index is -2.67. The van der Waals surface area contributed by atoms with Gasteiger partial charge in [0.2, 0.25) is 17.8 Å². The molecular formula is C23H31F4N5O2. The molecule has 0 aromatic carbocycles. The van der Waals surface area contributed by atoms with Crippen LogP contribution >= 0.6 is 0 Å². The molecule has 0 bridgehead atoms. The fourth-order valence-corrected chi connectivity index (χ4v) is 4.94. The summed E-state index contributed by atoms with van der Waals surface area (Å²) in [5, 5.41) is 7.26. The van der Waals surface area contributed by atoms with Gasteiger partial charge in [0.15, 0.2) is 5.65 Å². The molecule has 11 heteroatoms. The lowest BCUT2D eigenvalue weighted by atomic mass is 9.79. The van der Waals surface area contributed by atoms with Gasteiger partial charge >= 0.3 is 0 Å². The lowest BCUT2D eigenvalue weighted by molar-refractivity contribution is -0.135. The number of nitrogens with two attached hydrogens (primary N) is 1. The molecule has 0 spiro atoms. The van der Waals surface area contributed by atoms with Gasteiger partial charge in [0.05, 0.1) is 36.3 Å². The van der Waals surface area contributed by atoms with Crippen LogP contribution in [0.3, 0.4) is 0 Å². The van der Waals surface area contributed by atoms with Crippen LogP contribution in [-0.2, 0) is 9.53 Å². The van der Waals surface area contributed by atoms with Crippen LogP contribution in [0.1, 0.15) is 75.2 Å². The summed E-state index contributed by atoms with van der Waals surface area (Å²) in [5.74, 6) is -6.03. The van der Waals surface area contributed by atoms with Gasteiger partial charge < -0.3 is 15.8 Å². The van der Waals surface area contributed by atoms with Gasteiger partial charge in [-0.25, -0.2) is 27.1 Å². The highest BCUT2D eigenvalue weighted by Gasteiger charge is 2.46. The van der Waals surface area contributed by atoms with Crippen molar-refractivity contribution >= 4 is 11.6 Å². The van der Waals surface area contributed by atoms with Crippen LogP contribution in [-0.4, -0.2) is 45.6 Å². The molecular weight excluding hydrogens is 454 g/mol. The summed E-state index contributed by atoms with van der Waals surface area (Å²) >= 11 is 0. The molecule has 2 aromatic rings. The number of nitrogens with one attached hydrogen (secondary N) is 1. The second-order valence-corrected chi connectivity index (χ2v) is 9.80. The van der Waals surface area contributed by atoms with Crippen LogP contribution in [0.5, 0.6) is 0 Å². The highest BCUT2D eigenvalue weighted by Crippen LogP contribution is 2.44. The third-order valence-corrected chi connectivity index (χ3v) is 7.14. The Bertz CT molecular complexity index is 1010. The van der Waals surface area contributed by atoms with Crippen molar-refractivity contribution in [1.29, 1.82) is 0 Å². The molecule has 2 fully saturated rings. The fraction of sp³-hybridized carbons (Fsp3) is 0.696. The third kappa shape index (κ3) is 5.51. The quantitative estimate of drug-likeness (QED) is 0.547. The molecule has 188 valence electrons. The Morgan fingerprint density at radius 3 is 2.56 bits per heavy atom. The molecule has 1 amide bonds. The molecule has 2 saturated carbocycles. The Labute approximate surface area is 195 Å². The Morgan fingerprint density at radius 2 is 1.94 bits per heavy atom. The number of hydrogen-bond acceptors (Lipinski definition) is 5. The van der Waals surface area contributed by atoms with E-state index in [9.17, 15) is 22.4 Å². The van der Waals surface area contributed by atoms with Crippen LogP contribution in [0.15, 0.2) is 18.5 Å². The van der Waals surface area contributed by atoms with E-state index in [0.29, 0.717) is 29.7 Å². The highest BCUT2D eigenvalue weighted by molar-refractivity contribution is 5.77. The molecule has 2 aliphatic rings. The first-order valence-corrected chi connectivity index (χ1v) is 11.6. The molecule has 0 saturated heterocycles. The number of methoxy groups -OCH3 is 1. The van der Waals surface area contributed by atoms with Gasteiger partial charge in [-0.3, -0.25) is 4.79 Å². The zero-order valence-corrected chi connectivity index (χ0v) is 19.3. The van der Waals surface area contributed by atoms with Crippen LogP contribution < -0.4 is 11.1 Å². The van der Waals surface area contributed by atoms with Crippen LogP contribution in [0.2, 0.25) is 0 Å².